The van der Waals surface area contributed by atoms with Gasteiger partial charge in [-0.15, -0.1) is 0 Å². The van der Waals surface area contributed by atoms with Crippen LogP contribution in [0.4, 0.5) is 0 Å². The van der Waals surface area contributed by atoms with Crippen LogP contribution in [-0.4, -0.2) is 71.0 Å². The molecule has 40 heavy (non-hydrogen) atoms. The maximum absolute atomic E-state index is 12.2. The normalized spacial score (nSPS) is 13.3. The lowest BCUT2D eigenvalue weighted by Crippen LogP contribution is -2.33. The summed E-state index contributed by atoms with van der Waals surface area (Å²) < 4.78 is 10.2. The lowest BCUT2D eigenvalue weighted by Gasteiger charge is -2.21. The smallest absolute Gasteiger partial charge is 0.348 e. The minimum absolute atomic E-state index is 0.0814. The predicted molar refractivity (Wildman–Crippen MR) is 135 cm³/mol. The van der Waals surface area contributed by atoms with E-state index in [2.05, 4.69) is 0 Å². The monoisotopic (exact) mass is 556 g/mol. The number of carboxylic acids is 2. The third-order valence-electron chi connectivity index (χ3n) is 5.51. The van der Waals surface area contributed by atoms with Gasteiger partial charge in [-0.1, -0.05) is 18.2 Å². The molecule has 0 unspecified atom stereocenters. The Hall–Kier alpha value is -5.43. The van der Waals surface area contributed by atoms with E-state index < -0.39 is 65.0 Å². The molecule has 3 atom stereocenters. The number of aliphatic carboxylic acids is 2. The summed E-state index contributed by atoms with van der Waals surface area (Å²) in [4.78, 5) is 35.4. The number of aliphatic hydroxyl groups excluding tert-OH is 1. The highest BCUT2D eigenvalue weighted by Crippen LogP contribution is 2.33. The lowest BCUT2D eigenvalue weighted by molar-refractivity contribution is -0.160. The molecule has 0 aliphatic carbocycles. The predicted octanol–water partition coefficient (Wildman–Crippen LogP) is 2.03. The molecule has 0 aromatic heterocycles. The van der Waals surface area contributed by atoms with Crippen LogP contribution in [0.15, 0.2) is 60.7 Å². The van der Waals surface area contributed by atoms with E-state index in [0.29, 0.717) is 0 Å². The molecule has 13 nitrogen and oxygen atoms in total. The molecule has 0 aliphatic rings. The van der Waals surface area contributed by atoms with Crippen molar-refractivity contribution in [1.29, 1.82) is 0 Å². The Balaban J connectivity index is 1.68. The van der Waals surface area contributed by atoms with Crippen LogP contribution in [-0.2, 0) is 25.5 Å². The van der Waals surface area contributed by atoms with E-state index in [1.807, 2.05) is 0 Å². The van der Waals surface area contributed by atoms with Gasteiger partial charge >= 0.3 is 17.9 Å². The van der Waals surface area contributed by atoms with Gasteiger partial charge in [0.2, 0.25) is 12.2 Å². The standard InChI is InChI=1S/C27H24O13/c28-16-5-1-14(10-18(16)30)11-22(26(35)36)39-23(33)8-3-13-2-7-21(20(32)9-13)40-25(27(37)38)24(34)15-4-6-17(29)19(31)12-15/h1-10,12,22,24-25,28-32,34H,11H2,(H,35,36)(H,37,38)/b8-3+/t22-,24-,25+/m0/s1. The SMILES string of the molecule is O=C(/C=C/c1ccc(O[C@@H](C(=O)O)[C@@H](O)c2ccc(O)c(O)c2)c(O)c1)O[C@@H](Cc1ccc(O)c(O)c1)C(=O)O. The topological polar surface area (TPSA) is 232 Å². The molecule has 0 fully saturated rings. The van der Waals surface area contributed by atoms with Crippen molar-refractivity contribution in [3.8, 4) is 34.5 Å². The van der Waals surface area contributed by atoms with E-state index >= 15 is 0 Å². The Kier molecular flexibility index (Phi) is 9.04. The molecule has 0 amide bonds. The average molecular weight is 556 g/mol. The van der Waals surface area contributed by atoms with Crippen molar-refractivity contribution in [2.45, 2.75) is 24.7 Å². The number of benzene rings is 3. The number of ether oxygens (including phenoxy) is 2. The molecule has 3 aromatic carbocycles. The number of phenols is 5. The van der Waals surface area contributed by atoms with Gasteiger partial charge in [-0.05, 0) is 59.2 Å². The summed E-state index contributed by atoms with van der Waals surface area (Å²) in [6.07, 6.45) is -3.56. The van der Waals surface area contributed by atoms with Crippen molar-refractivity contribution < 1.29 is 64.7 Å². The van der Waals surface area contributed by atoms with Gasteiger partial charge in [-0.2, -0.15) is 0 Å². The summed E-state index contributed by atoms with van der Waals surface area (Å²) in [5.74, 6) is -6.92. The molecule has 0 bridgehead atoms. The van der Waals surface area contributed by atoms with Crippen LogP contribution < -0.4 is 4.74 Å². The molecular weight excluding hydrogens is 532 g/mol. The van der Waals surface area contributed by atoms with Gasteiger partial charge in [-0.3, -0.25) is 0 Å². The third-order valence-corrected chi connectivity index (χ3v) is 5.51. The fraction of sp³-hybridized carbons (Fsp3) is 0.148. The maximum atomic E-state index is 12.2. The molecule has 13 heteroatoms. The van der Waals surface area contributed by atoms with E-state index in [-0.39, 0.29) is 28.9 Å². The number of carboxylic acid groups (broad SMARTS) is 2. The fourth-order valence-corrected chi connectivity index (χ4v) is 3.46. The summed E-state index contributed by atoms with van der Waals surface area (Å²) in [7, 11) is 0. The van der Waals surface area contributed by atoms with Crippen LogP contribution in [0.2, 0.25) is 0 Å². The van der Waals surface area contributed by atoms with E-state index in [4.69, 9.17) is 9.47 Å². The van der Waals surface area contributed by atoms with Gasteiger partial charge in [0.05, 0.1) is 0 Å². The van der Waals surface area contributed by atoms with E-state index in [9.17, 15) is 55.2 Å². The number of hydrogen-bond donors (Lipinski definition) is 8. The Morgan fingerprint density at radius 1 is 0.750 bits per heavy atom. The number of phenolic OH excluding ortho intramolecular Hbond substituents is 5. The Morgan fingerprint density at radius 2 is 1.40 bits per heavy atom. The minimum atomic E-state index is -1.92. The molecule has 0 spiro atoms. The van der Waals surface area contributed by atoms with Crippen LogP contribution >= 0.6 is 0 Å². The van der Waals surface area contributed by atoms with Gasteiger partial charge in [0.1, 0.15) is 6.10 Å². The second-order valence-corrected chi connectivity index (χ2v) is 8.42. The highest BCUT2D eigenvalue weighted by atomic mass is 16.6. The number of aliphatic hydroxyl groups is 1. The second-order valence-electron chi connectivity index (χ2n) is 8.42. The molecule has 0 aliphatic heterocycles. The zero-order chi connectivity index (χ0) is 29.6. The van der Waals surface area contributed by atoms with E-state index in [0.717, 1.165) is 42.5 Å². The quantitative estimate of drug-likeness (QED) is 0.0961. The van der Waals surface area contributed by atoms with Gasteiger partial charge in [0, 0.05) is 12.5 Å². The first-order chi connectivity index (χ1) is 18.8. The summed E-state index contributed by atoms with van der Waals surface area (Å²) in [5.41, 5.74) is 0.419. The van der Waals surface area contributed by atoms with Crippen LogP contribution in [0.3, 0.4) is 0 Å². The summed E-state index contributed by atoms with van der Waals surface area (Å²) in [6, 6.07) is 10.4. The molecule has 0 radical (unpaired) electrons. The average Bonchev–Trinajstić information content (AvgIpc) is 2.89. The summed E-state index contributed by atoms with van der Waals surface area (Å²) >= 11 is 0. The Bertz CT molecular complexity index is 1450. The first-order valence-electron chi connectivity index (χ1n) is 11.4. The second kappa shape index (κ2) is 12.4. The molecule has 210 valence electrons. The molecule has 3 aromatic rings. The summed E-state index contributed by atoms with van der Waals surface area (Å²) in [6.45, 7) is 0. The van der Waals surface area contributed by atoms with Crippen molar-refractivity contribution in [2.24, 2.45) is 0 Å². The number of esters is 1. The minimum Gasteiger partial charge on any atom is -0.504 e. The van der Waals surface area contributed by atoms with Crippen molar-refractivity contribution in [3.05, 3.63) is 77.4 Å². The van der Waals surface area contributed by atoms with Gasteiger partial charge < -0.3 is 50.3 Å². The molecule has 8 N–H and O–H groups in total. The fourth-order valence-electron chi connectivity index (χ4n) is 3.46. The number of aromatic hydroxyl groups is 5. The van der Waals surface area contributed by atoms with E-state index in [1.165, 1.54) is 24.3 Å². The number of hydrogen-bond acceptors (Lipinski definition) is 11. The number of rotatable bonds is 11. The molecule has 3 rings (SSSR count). The van der Waals surface area contributed by atoms with Crippen molar-refractivity contribution in [3.63, 3.8) is 0 Å². The van der Waals surface area contributed by atoms with Crippen LogP contribution in [0.1, 0.15) is 22.8 Å². The first kappa shape index (κ1) is 29.1. The highest BCUT2D eigenvalue weighted by Gasteiger charge is 2.31. The molecular formula is C27H24O13. The van der Waals surface area contributed by atoms with Crippen LogP contribution in [0, 0.1) is 0 Å². The van der Waals surface area contributed by atoms with Crippen molar-refractivity contribution in [2.75, 3.05) is 0 Å². The van der Waals surface area contributed by atoms with Crippen molar-refractivity contribution in [1.82, 2.24) is 0 Å². The molecule has 0 saturated carbocycles. The lowest BCUT2D eigenvalue weighted by atomic mass is 10.0. The third kappa shape index (κ3) is 7.33. The maximum Gasteiger partial charge on any atom is 0.348 e. The highest BCUT2D eigenvalue weighted by molar-refractivity contribution is 5.89. The Labute approximate surface area is 225 Å². The molecule has 0 saturated heterocycles. The van der Waals surface area contributed by atoms with Gasteiger partial charge in [-0.25, -0.2) is 14.4 Å². The zero-order valence-electron chi connectivity index (χ0n) is 20.4. The van der Waals surface area contributed by atoms with Crippen molar-refractivity contribution >= 4 is 24.0 Å². The summed E-state index contributed by atoms with van der Waals surface area (Å²) in [5, 5.41) is 77.5. The number of carbonyl (C=O) groups excluding carboxylic acids is 1. The largest absolute Gasteiger partial charge is 0.504 e. The first-order valence-corrected chi connectivity index (χ1v) is 11.4. The van der Waals surface area contributed by atoms with Crippen LogP contribution in [0.25, 0.3) is 6.08 Å². The number of carbonyl (C=O) groups is 3. The Morgan fingerprint density at radius 3 is 1.98 bits per heavy atom. The molecule has 0 heterocycles. The van der Waals surface area contributed by atoms with Gasteiger partial charge in [0.15, 0.2) is 34.5 Å². The zero-order valence-corrected chi connectivity index (χ0v) is 20.4. The van der Waals surface area contributed by atoms with Gasteiger partial charge in [0.25, 0.3) is 0 Å². The van der Waals surface area contributed by atoms with E-state index in [1.54, 1.807) is 0 Å². The van der Waals surface area contributed by atoms with Crippen LogP contribution in [0.5, 0.6) is 34.5 Å².